The molecule has 0 aromatic carbocycles. The maximum atomic E-state index is 5.73. The standard InChI is InChI=1S/C14H22N2OS/c1-4-5-6-7-8-17-14-12(13(15)18)10(2)9-11(3)16-14/h9H,4-8H2,1-3H3,(H2,15,18). The molecule has 0 fully saturated rings. The van der Waals surface area contributed by atoms with Crippen LogP contribution in [-0.2, 0) is 0 Å². The summed E-state index contributed by atoms with van der Waals surface area (Å²) in [6, 6.07) is 1.97. The molecule has 2 N–H and O–H groups in total. The van der Waals surface area contributed by atoms with E-state index in [0.29, 0.717) is 17.5 Å². The number of hydrogen-bond donors (Lipinski definition) is 1. The molecule has 0 saturated heterocycles. The zero-order chi connectivity index (χ0) is 13.5. The molecule has 1 aromatic heterocycles. The molecule has 0 aliphatic rings. The van der Waals surface area contributed by atoms with Gasteiger partial charge >= 0.3 is 0 Å². The van der Waals surface area contributed by atoms with E-state index in [1.54, 1.807) is 0 Å². The minimum Gasteiger partial charge on any atom is -0.477 e. The Morgan fingerprint density at radius 3 is 2.67 bits per heavy atom. The Morgan fingerprint density at radius 2 is 2.06 bits per heavy atom. The first-order valence-corrected chi connectivity index (χ1v) is 6.88. The predicted molar refractivity (Wildman–Crippen MR) is 79.2 cm³/mol. The second-order valence-electron chi connectivity index (χ2n) is 4.53. The SMILES string of the molecule is CCCCCCOc1nc(C)cc(C)c1C(N)=S. The Kier molecular flexibility index (Phi) is 6.05. The summed E-state index contributed by atoms with van der Waals surface area (Å²) in [5.74, 6) is 0.580. The lowest BCUT2D eigenvalue weighted by Gasteiger charge is -2.12. The van der Waals surface area contributed by atoms with Gasteiger partial charge in [-0.3, -0.25) is 0 Å². The minimum absolute atomic E-state index is 0.351. The highest BCUT2D eigenvalue weighted by molar-refractivity contribution is 7.80. The Hall–Kier alpha value is -1.16. The van der Waals surface area contributed by atoms with Crippen LogP contribution in [0.3, 0.4) is 0 Å². The molecule has 18 heavy (non-hydrogen) atoms. The fourth-order valence-electron chi connectivity index (χ4n) is 1.90. The average Bonchev–Trinajstić information content (AvgIpc) is 2.27. The summed E-state index contributed by atoms with van der Waals surface area (Å²) in [7, 11) is 0. The van der Waals surface area contributed by atoms with Crippen LogP contribution in [0.2, 0.25) is 0 Å². The van der Waals surface area contributed by atoms with Crippen molar-refractivity contribution in [2.24, 2.45) is 5.73 Å². The van der Waals surface area contributed by atoms with Crippen molar-refractivity contribution in [3.8, 4) is 5.88 Å². The monoisotopic (exact) mass is 266 g/mol. The summed E-state index contributed by atoms with van der Waals surface area (Å²) in [6.45, 7) is 6.79. The summed E-state index contributed by atoms with van der Waals surface area (Å²) in [6.07, 6.45) is 4.69. The normalized spacial score (nSPS) is 10.4. The van der Waals surface area contributed by atoms with Crippen LogP contribution < -0.4 is 10.5 Å². The number of nitrogens with two attached hydrogens (primary N) is 1. The molecular formula is C14H22N2OS. The second kappa shape index (κ2) is 7.31. The van der Waals surface area contributed by atoms with E-state index in [9.17, 15) is 0 Å². The van der Waals surface area contributed by atoms with Crippen molar-refractivity contribution in [3.63, 3.8) is 0 Å². The summed E-state index contributed by atoms with van der Waals surface area (Å²) in [5.41, 5.74) is 8.45. The highest BCUT2D eigenvalue weighted by Crippen LogP contribution is 2.21. The summed E-state index contributed by atoms with van der Waals surface area (Å²) >= 11 is 5.06. The number of ether oxygens (including phenoxy) is 1. The first-order valence-electron chi connectivity index (χ1n) is 6.47. The number of unbranched alkanes of at least 4 members (excludes halogenated alkanes) is 3. The van der Waals surface area contributed by atoms with Crippen molar-refractivity contribution in [1.29, 1.82) is 0 Å². The van der Waals surface area contributed by atoms with E-state index in [1.165, 1.54) is 19.3 Å². The van der Waals surface area contributed by atoms with Crippen LogP contribution in [0.4, 0.5) is 0 Å². The van der Waals surface area contributed by atoms with Gasteiger partial charge in [-0.2, -0.15) is 0 Å². The highest BCUT2D eigenvalue weighted by Gasteiger charge is 2.12. The molecule has 100 valence electrons. The summed E-state index contributed by atoms with van der Waals surface area (Å²) < 4.78 is 5.73. The van der Waals surface area contributed by atoms with E-state index in [4.69, 9.17) is 22.7 Å². The van der Waals surface area contributed by atoms with Crippen LogP contribution in [0, 0.1) is 13.8 Å². The van der Waals surface area contributed by atoms with Gasteiger partial charge in [-0.25, -0.2) is 4.98 Å². The van der Waals surface area contributed by atoms with Crippen molar-refractivity contribution in [3.05, 3.63) is 22.9 Å². The number of hydrogen-bond acceptors (Lipinski definition) is 3. The average molecular weight is 266 g/mol. The largest absolute Gasteiger partial charge is 0.477 e. The van der Waals surface area contributed by atoms with Gasteiger partial charge in [0.2, 0.25) is 5.88 Å². The molecule has 0 amide bonds. The van der Waals surface area contributed by atoms with Crippen molar-refractivity contribution < 1.29 is 4.74 Å². The van der Waals surface area contributed by atoms with Crippen LogP contribution >= 0.6 is 12.2 Å². The zero-order valence-electron chi connectivity index (χ0n) is 11.5. The van der Waals surface area contributed by atoms with Gasteiger partial charge in [-0.1, -0.05) is 38.4 Å². The van der Waals surface area contributed by atoms with E-state index in [1.807, 2.05) is 19.9 Å². The number of thiocarbonyl (C=S) groups is 1. The molecule has 0 unspecified atom stereocenters. The van der Waals surface area contributed by atoms with Gasteiger partial charge in [0.1, 0.15) is 4.99 Å². The van der Waals surface area contributed by atoms with Crippen LogP contribution in [0.15, 0.2) is 6.07 Å². The van der Waals surface area contributed by atoms with Crippen LogP contribution in [0.1, 0.15) is 49.4 Å². The Labute approximate surface area is 115 Å². The first kappa shape index (κ1) is 14.9. The third-order valence-corrected chi connectivity index (χ3v) is 3.00. The Morgan fingerprint density at radius 1 is 1.33 bits per heavy atom. The lowest BCUT2D eigenvalue weighted by molar-refractivity contribution is 0.292. The van der Waals surface area contributed by atoms with Gasteiger partial charge < -0.3 is 10.5 Å². The van der Waals surface area contributed by atoms with E-state index in [0.717, 1.165) is 23.2 Å². The molecule has 0 aliphatic carbocycles. The lowest BCUT2D eigenvalue weighted by atomic mass is 10.1. The van der Waals surface area contributed by atoms with E-state index in [2.05, 4.69) is 11.9 Å². The molecule has 0 aliphatic heterocycles. The van der Waals surface area contributed by atoms with Crippen molar-refractivity contribution in [2.45, 2.75) is 46.5 Å². The fourth-order valence-corrected chi connectivity index (χ4v) is 2.15. The third-order valence-electron chi connectivity index (χ3n) is 2.79. The Balaban J connectivity index is 2.71. The molecule has 1 heterocycles. The van der Waals surface area contributed by atoms with Crippen LogP contribution in [-0.4, -0.2) is 16.6 Å². The summed E-state index contributed by atoms with van der Waals surface area (Å²) in [4.78, 5) is 4.73. The molecule has 0 saturated carbocycles. The van der Waals surface area contributed by atoms with Crippen molar-refractivity contribution >= 4 is 17.2 Å². The van der Waals surface area contributed by atoms with E-state index >= 15 is 0 Å². The molecule has 3 nitrogen and oxygen atoms in total. The van der Waals surface area contributed by atoms with Gasteiger partial charge in [-0.05, 0) is 31.9 Å². The van der Waals surface area contributed by atoms with E-state index in [-0.39, 0.29) is 0 Å². The number of aromatic nitrogens is 1. The maximum absolute atomic E-state index is 5.73. The predicted octanol–water partition coefficient (Wildman–Crippen LogP) is 3.29. The molecule has 0 spiro atoms. The maximum Gasteiger partial charge on any atom is 0.224 e. The zero-order valence-corrected chi connectivity index (χ0v) is 12.3. The number of pyridine rings is 1. The number of aryl methyl sites for hydroxylation is 2. The Bertz CT molecular complexity index is 419. The molecule has 0 radical (unpaired) electrons. The van der Waals surface area contributed by atoms with Gasteiger partial charge in [0, 0.05) is 5.69 Å². The summed E-state index contributed by atoms with van der Waals surface area (Å²) in [5, 5.41) is 0. The van der Waals surface area contributed by atoms with Gasteiger partial charge in [0.15, 0.2) is 0 Å². The minimum atomic E-state index is 0.351. The second-order valence-corrected chi connectivity index (χ2v) is 4.97. The fraction of sp³-hybridized carbons (Fsp3) is 0.571. The van der Waals surface area contributed by atoms with Crippen molar-refractivity contribution in [2.75, 3.05) is 6.61 Å². The molecule has 1 rings (SSSR count). The first-order chi connectivity index (χ1) is 8.56. The quantitative estimate of drug-likeness (QED) is 0.607. The topological polar surface area (TPSA) is 48.1 Å². The number of rotatable bonds is 7. The van der Waals surface area contributed by atoms with Gasteiger partial charge in [0.25, 0.3) is 0 Å². The van der Waals surface area contributed by atoms with Gasteiger partial charge in [0.05, 0.1) is 12.2 Å². The molecule has 1 aromatic rings. The van der Waals surface area contributed by atoms with Crippen LogP contribution in [0.5, 0.6) is 5.88 Å². The smallest absolute Gasteiger partial charge is 0.224 e. The molecule has 0 bridgehead atoms. The molecule has 0 atom stereocenters. The third kappa shape index (κ3) is 4.26. The van der Waals surface area contributed by atoms with Crippen LogP contribution in [0.25, 0.3) is 0 Å². The molecule has 4 heteroatoms. The van der Waals surface area contributed by atoms with Crippen molar-refractivity contribution in [1.82, 2.24) is 4.98 Å². The highest BCUT2D eigenvalue weighted by atomic mass is 32.1. The lowest BCUT2D eigenvalue weighted by Crippen LogP contribution is -2.15. The van der Waals surface area contributed by atoms with Gasteiger partial charge in [-0.15, -0.1) is 0 Å². The molecular weight excluding hydrogens is 244 g/mol. The van der Waals surface area contributed by atoms with E-state index < -0.39 is 0 Å². The number of nitrogens with zero attached hydrogens (tertiary/aromatic N) is 1.